The number of rotatable bonds is 1. The van der Waals surface area contributed by atoms with Crippen LogP contribution in [-0.4, -0.2) is 17.0 Å². The van der Waals surface area contributed by atoms with Crippen LogP contribution in [0.25, 0.3) is 21.8 Å². The summed E-state index contributed by atoms with van der Waals surface area (Å²) in [6.45, 7) is 0. The predicted octanol–water partition coefficient (Wildman–Crippen LogP) is 1.23. The van der Waals surface area contributed by atoms with Gasteiger partial charge in [0.2, 0.25) is 0 Å². The number of halogens is 1. The number of aromatic amines is 2. The highest BCUT2D eigenvalue weighted by Crippen LogP contribution is 2.30. The normalized spacial score (nSPS) is 20.1. The number of benzene rings is 1. The zero-order valence-electron chi connectivity index (χ0n) is 13.0. The average molecular weight is 347 g/mol. The van der Waals surface area contributed by atoms with Gasteiger partial charge in [-0.2, -0.15) is 0 Å². The first-order valence-electron chi connectivity index (χ1n) is 7.80. The molecule has 126 valence electrons. The molecule has 7 heteroatoms. The van der Waals surface area contributed by atoms with Crippen LogP contribution in [-0.2, 0) is 4.79 Å². The molecule has 2 aromatic heterocycles. The quantitative estimate of drug-likeness (QED) is 0.573. The van der Waals surface area contributed by atoms with Gasteiger partial charge in [-0.05, 0) is 25.0 Å². The van der Waals surface area contributed by atoms with E-state index in [4.69, 9.17) is 23.1 Å². The Hall–Kier alpha value is -2.31. The van der Waals surface area contributed by atoms with Crippen molar-refractivity contribution < 1.29 is 14.9 Å². The molecule has 0 aliphatic heterocycles. The summed E-state index contributed by atoms with van der Waals surface area (Å²) in [6, 6.07) is 5.52. The maximum absolute atomic E-state index is 10.2. The highest BCUT2D eigenvalue weighted by atomic mass is 35.5. The molecule has 6 nitrogen and oxygen atoms in total. The number of anilines is 1. The molecule has 2 atom stereocenters. The summed E-state index contributed by atoms with van der Waals surface area (Å²) >= 11 is 5.98. The van der Waals surface area contributed by atoms with Gasteiger partial charge in [0.1, 0.15) is 5.52 Å². The molecule has 3 aromatic rings. The molecule has 0 spiro atoms. The van der Waals surface area contributed by atoms with E-state index in [-0.39, 0.29) is 12.0 Å². The molecule has 0 bridgehead atoms. The average Bonchev–Trinajstić information content (AvgIpc) is 3.12. The first-order chi connectivity index (χ1) is 11.5. The lowest BCUT2D eigenvalue weighted by Gasteiger charge is -2.14. The van der Waals surface area contributed by atoms with E-state index in [1.807, 2.05) is 24.5 Å². The minimum absolute atomic E-state index is 0.157. The Balaban J connectivity index is 0.000000162. The van der Waals surface area contributed by atoms with Gasteiger partial charge in [0.15, 0.2) is 12.4 Å². The van der Waals surface area contributed by atoms with Gasteiger partial charge >= 0.3 is 0 Å². The van der Waals surface area contributed by atoms with E-state index in [0.717, 1.165) is 34.6 Å². The summed E-state index contributed by atoms with van der Waals surface area (Å²) in [7, 11) is 0. The summed E-state index contributed by atoms with van der Waals surface area (Å²) in [6.07, 6.45) is 6.25. The fourth-order valence-corrected chi connectivity index (χ4v) is 3.39. The SMILES string of the molecule is NC1CCCC1C(=O)[O-].Nc1cc(Cl)cc2c1[nH]c1c[nH+]ccc12. The summed E-state index contributed by atoms with van der Waals surface area (Å²) in [5, 5.41) is 13.1. The Morgan fingerprint density at radius 1 is 1.33 bits per heavy atom. The standard InChI is InChI=1S/C11H8ClN3.C6H11NO2/c12-6-3-8-7-1-2-14-5-10(7)15-11(8)9(13)4-6;7-5-3-1-2-4(5)6(8)9/h1-5,15H,13H2;4-5H,1-3,7H2,(H,8,9). The van der Waals surface area contributed by atoms with Crippen LogP contribution >= 0.6 is 11.6 Å². The fraction of sp³-hybridized carbons (Fsp3) is 0.294. The number of nitrogens with one attached hydrogen (secondary N) is 2. The van der Waals surface area contributed by atoms with Crippen molar-refractivity contribution in [1.29, 1.82) is 0 Å². The second-order valence-corrected chi connectivity index (χ2v) is 6.47. The van der Waals surface area contributed by atoms with Crippen LogP contribution in [0.15, 0.2) is 30.6 Å². The van der Waals surface area contributed by atoms with E-state index in [1.54, 1.807) is 6.07 Å². The maximum Gasteiger partial charge on any atom is 0.191 e. The van der Waals surface area contributed by atoms with Crippen LogP contribution in [0, 0.1) is 5.92 Å². The molecule has 4 rings (SSSR count). The number of nitrogen functional groups attached to an aromatic ring is 1. The van der Waals surface area contributed by atoms with Crippen molar-refractivity contribution in [3.8, 4) is 0 Å². The number of fused-ring (bicyclic) bond motifs is 3. The van der Waals surface area contributed by atoms with Crippen molar-refractivity contribution in [2.45, 2.75) is 25.3 Å². The van der Waals surface area contributed by atoms with Crippen LogP contribution in [0.4, 0.5) is 5.69 Å². The van der Waals surface area contributed by atoms with E-state index >= 15 is 0 Å². The third-order valence-corrected chi connectivity index (χ3v) is 4.64. The van der Waals surface area contributed by atoms with Crippen LogP contribution in [0.1, 0.15) is 19.3 Å². The zero-order valence-corrected chi connectivity index (χ0v) is 13.8. The number of carbonyl (C=O) groups excluding carboxylic acids is 1. The Kier molecular flexibility index (Phi) is 4.59. The molecule has 1 aliphatic rings. The minimum Gasteiger partial charge on any atom is -0.550 e. The number of aromatic nitrogens is 2. The van der Waals surface area contributed by atoms with Crippen LogP contribution in [0.3, 0.4) is 0 Å². The molecule has 6 N–H and O–H groups in total. The molecule has 0 amide bonds. The number of H-pyrrole nitrogens is 2. The van der Waals surface area contributed by atoms with Crippen LogP contribution in [0.2, 0.25) is 5.02 Å². The molecule has 2 heterocycles. The van der Waals surface area contributed by atoms with Gasteiger partial charge in [0.25, 0.3) is 0 Å². The Morgan fingerprint density at radius 2 is 2.12 bits per heavy atom. The molecule has 1 aliphatic carbocycles. The summed E-state index contributed by atoms with van der Waals surface area (Å²) in [5.74, 6) is -1.37. The number of carboxylic acid groups (broad SMARTS) is 1. The number of aliphatic carboxylic acids is 1. The van der Waals surface area contributed by atoms with Crippen LogP contribution < -0.4 is 21.6 Å². The molecule has 0 radical (unpaired) electrons. The van der Waals surface area contributed by atoms with E-state index in [0.29, 0.717) is 17.1 Å². The first-order valence-corrected chi connectivity index (χ1v) is 8.18. The fourth-order valence-electron chi connectivity index (χ4n) is 3.16. The number of carbonyl (C=O) groups is 1. The molecular weight excluding hydrogens is 328 g/mol. The topological polar surface area (TPSA) is 122 Å². The van der Waals surface area contributed by atoms with Crippen molar-refractivity contribution in [2.24, 2.45) is 11.7 Å². The first kappa shape index (κ1) is 16.5. The molecule has 1 saturated carbocycles. The molecule has 24 heavy (non-hydrogen) atoms. The van der Waals surface area contributed by atoms with E-state index in [2.05, 4.69) is 9.97 Å². The predicted molar refractivity (Wildman–Crippen MR) is 92.1 cm³/mol. The lowest BCUT2D eigenvalue weighted by Crippen LogP contribution is -2.39. The minimum atomic E-state index is -0.986. The monoisotopic (exact) mass is 346 g/mol. The van der Waals surface area contributed by atoms with Crippen molar-refractivity contribution >= 4 is 45.1 Å². The second kappa shape index (κ2) is 6.67. The molecular formula is C17H19ClN4O2. The number of hydrogen-bond donors (Lipinski definition) is 3. The van der Waals surface area contributed by atoms with Gasteiger partial charge in [0.05, 0.1) is 11.2 Å². The third-order valence-electron chi connectivity index (χ3n) is 4.42. The van der Waals surface area contributed by atoms with Crippen molar-refractivity contribution in [2.75, 3.05) is 5.73 Å². The van der Waals surface area contributed by atoms with Gasteiger partial charge in [-0.1, -0.05) is 18.0 Å². The van der Waals surface area contributed by atoms with Gasteiger partial charge in [-0.15, -0.1) is 0 Å². The zero-order chi connectivity index (χ0) is 17.3. The Labute approximate surface area is 143 Å². The highest BCUT2D eigenvalue weighted by Gasteiger charge is 2.24. The smallest absolute Gasteiger partial charge is 0.191 e. The van der Waals surface area contributed by atoms with E-state index in [9.17, 15) is 9.90 Å². The maximum atomic E-state index is 10.2. The molecule has 2 unspecified atom stereocenters. The van der Waals surface area contributed by atoms with Crippen LogP contribution in [0.5, 0.6) is 0 Å². The number of hydrogen-bond acceptors (Lipinski definition) is 4. The largest absolute Gasteiger partial charge is 0.550 e. The summed E-state index contributed by atoms with van der Waals surface area (Å²) in [4.78, 5) is 16.5. The molecule has 1 fully saturated rings. The van der Waals surface area contributed by atoms with Gasteiger partial charge in [-0.3, -0.25) is 0 Å². The van der Waals surface area contributed by atoms with Crippen molar-refractivity contribution in [3.63, 3.8) is 0 Å². The Morgan fingerprint density at radius 3 is 2.75 bits per heavy atom. The lowest BCUT2D eigenvalue weighted by atomic mass is 10.1. The number of pyridine rings is 1. The van der Waals surface area contributed by atoms with Gasteiger partial charge in [-0.25, -0.2) is 4.98 Å². The lowest BCUT2D eigenvalue weighted by molar-refractivity contribution is -0.376. The van der Waals surface area contributed by atoms with Crippen molar-refractivity contribution in [1.82, 2.24) is 4.98 Å². The van der Waals surface area contributed by atoms with Crippen molar-refractivity contribution in [3.05, 3.63) is 35.6 Å². The molecule has 0 saturated heterocycles. The molecule has 1 aromatic carbocycles. The Bertz CT molecular complexity index is 893. The third kappa shape index (κ3) is 3.16. The van der Waals surface area contributed by atoms with E-state index < -0.39 is 5.97 Å². The number of nitrogens with two attached hydrogens (primary N) is 2. The summed E-state index contributed by atoms with van der Waals surface area (Å²) < 4.78 is 0. The summed E-state index contributed by atoms with van der Waals surface area (Å²) in [5.41, 5.74) is 14.0. The second-order valence-electron chi connectivity index (χ2n) is 6.03. The highest BCUT2D eigenvalue weighted by molar-refractivity contribution is 6.32. The van der Waals surface area contributed by atoms with Gasteiger partial charge in [0, 0.05) is 39.8 Å². The van der Waals surface area contributed by atoms with Gasteiger partial charge < -0.3 is 26.4 Å². The number of carboxylic acids is 1. The van der Waals surface area contributed by atoms with E-state index in [1.165, 1.54) is 0 Å².